The second-order valence-electron chi connectivity index (χ2n) is 6.74. The van der Waals surface area contributed by atoms with Gasteiger partial charge in [0.2, 0.25) is 0 Å². The second kappa shape index (κ2) is 7.49. The topological polar surface area (TPSA) is 64.5 Å². The normalized spacial score (nSPS) is 18.0. The number of hydrogen-bond donors (Lipinski definition) is 0. The molecule has 0 aliphatic carbocycles. The number of aryl methyl sites for hydroxylation is 4. The fourth-order valence-electron chi connectivity index (χ4n) is 3.32. The van der Waals surface area contributed by atoms with E-state index in [1.165, 1.54) is 24.0 Å². The lowest BCUT2D eigenvalue weighted by Gasteiger charge is -2.23. The molecule has 1 saturated heterocycles. The highest BCUT2D eigenvalue weighted by atomic mass is 16.5. The van der Waals surface area contributed by atoms with Crippen LogP contribution in [0.3, 0.4) is 0 Å². The van der Waals surface area contributed by atoms with Gasteiger partial charge in [-0.15, -0.1) is 0 Å². The zero-order valence-electron chi connectivity index (χ0n) is 15.1. The molecule has 2 aromatic rings. The summed E-state index contributed by atoms with van der Waals surface area (Å²) in [6.45, 7) is 11.5. The number of aromatic nitrogens is 2. The average Bonchev–Trinajstić information content (AvgIpc) is 3.26. The first-order valence-electron chi connectivity index (χ1n) is 8.72. The van der Waals surface area contributed by atoms with Gasteiger partial charge in [0.25, 0.3) is 0 Å². The van der Waals surface area contributed by atoms with Gasteiger partial charge < -0.3 is 13.8 Å². The van der Waals surface area contributed by atoms with E-state index in [9.17, 15) is 0 Å². The lowest BCUT2D eigenvalue weighted by molar-refractivity contribution is 0.0895. The van der Waals surface area contributed by atoms with Crippen molar-refractivity contribution in [3.8, 4) is 0 Å². The molecule has 6 heteroatoms. The van der Waals surface area contributed by atoms with Crippen LogP contribution < -0.4 is 0 Å². The van der Waals surface area contributed by atoms with Crippen LogP contribution in [0.4, 0.5) is 0 Å². The zero-order valence-corrected chi connectivity index (χ0v) is 15.1. The summed E-state index contributed by atoms with van der Waals surface area (Å²) in [6.07, 6.45) is 3.79. The minimum atomic E-state index is 0.391. The summed E-state index contributed by atoms with van der Waals surface area (Å²) in [4.78, 5) is 2.42. The summed E-state index contributed by atoms with van der Waals surface area (Å²) in [5.41, 5.74) is 4.28. The van der Waals surface area contributed by atoms with Gasteiger partial charge in [-0.2, -0.15) is 0 Å². The quantitative estimate of drug-likeness (QED) is 0.773. The van der Waals surface area contributed by atoms with Gasteiger partial charge in [0.05, 0.1) is 17.5 Å². The van der Waals surface area contributed by atoms with Gasteiger partial charge in [-0.3, -0.25) is 4.90 Å². The molecular formula is C18H27N3O3. The summed E-state index contributed by atoms with van der Waals surface area (Å²) >= 11 is 0. The van der Waals surface area contributed by atoms with Crippen molar-refractivity contribution in [2.75, 3.05) is 13.2 Å². The summed E-state index contributed by atoms with van der Waals surface area (Å²) in [7, 11) is 0. The Morgan fingerprint density at radius 3 is 1.96 bits per heavy atom. The van der Waals surface area contributed by atoms with E-state index in [-0.39, 0.29) is 0 Å². The molecule has 1 aliphatic heterocycles. The first-order valence-corrected chi connectivity index (χ1v) is 8.72. The molecule has 3 heterocycles. The third-order valence-electron chi connectivity index (χ3n) is 4.92. The van der Waals surface area contributed by atoms with E-state index in [4.69, 9.17) is 13.8 Å². The molecule has 0 N–H and O–H groups in total. The van der Waals surface area contributed by atoms with Crippen LogP contribution >= 0.6 is 0 Å². The maximum Gasteiger partial charge on any atom is 0.138 e. The average molecular weight is 333 g/mol. The molecule has 1 fully saturated rings. The Morgan fingerprint density at radius 1 is 0.958 bits per heavy atom. The van der Waals surface area contributed by atoms with Crippen molar-refractivity contribution in [3.63, 3.8) is 0 Å². The lowest BCUT2D eigenvalue weighted by Crippen LogP contribution is -2.27. The van der Waals surface area contributed by atoms with Gasteiger partial charge in [0.15, 0.2) is 0 Å². The lowest BCUT2D eigenvalue weighted by atomic mass is 10.1. The number of rotatable bonds is 7. The predicted octanol–water partition coefficient (Wildman–Crippen LogP) is 3.47. The van der Waals surface area contributed by atoms with Crippen molar-refractivity contribution < 1.29 is 13.8 Å². The highest BCUT2D eigenvalue weighted by Gasteiger charge is 2.21. The third kappa shape index (κ3) is 3.87. The fourth-order valence-corrected chi connectivity index (χ4v) is 3.32. The highest BCUT2D eigenvalue weighted by molar-refractivity contribution is 5.23. The van der Waals surface area contributed by atoms with Gasteiger partial charge >= 0.3 is 0 Å². The first kappa shape index (κ1) is 17.2. The number of ether oxygens (including phenoxy) is 1. The minimum absolute atomic E-state index is 0.391. The Bertz CT molecular complexity index is 584. The van der Waals surface area contributed by atoms with E-state index in [2.05, 4.69) is 15.2 Å². The molecule has 3 rings (SSSR count). The molecule has 1 aliphatic rings. The van der Waals surface area contributed by atoms with Crippen LogP contribution in [-0.4, -0.2) is 34.5 Å². The molecule has 132 valence electrons. The summed E-state index contributed by atoms with van der Waals surface area (Å²) in [5.74, 6) is 1.79. The van der Waals surface area contributed by atoms with Gasteiger partial charge in [-0.05, 0) is 47.0 Å². The fraction of sp³-hybridized carbons (Fsp3) is 0.667. The number of nitrogens with zero attached hydrogens (tertiary/aromatic N) is 3. The molecule has 0 saturated carbocycles. The Labute approximate surface area is 143 Å². The van der Waals surface area contributed by atoms with E-state index in [0.29, 0.717) is 6.10 Å². The molecule has 1 atom stereocenters. The van der Waals surface area contributed by atoms with Crippen LogP contribution in [-0.2, 0) is 17.8 Å². The van der Waals surface area contributed by atoms with E-state index in [0.717, 1.165) is 55.6 Å². The maximum atomic E-state index is 5.78. The molecule has 0 radical (unpaired) electrons. The molecule has 24 heavy (non-hydrogen) atoms. The van der Waals surface area contributed by atoms with Gasteiger partial charge in [0.1, 0.15) is 11.5 Å². The highest BCUT2D eigenvalue weighted by Crippen LogP contribution is 2.22. The third-order valence-corrected chi connectivity index (χ3v) is 4.92. The maximum absolute atomic E-state index is 5.78. The predicted molar refractivity (Wildman–Crippen MR) is 89.7 cm³/mol. The molecule has 0 aromatic carbocycles. The van der Waals surface area contributed by atoms with Crippen molar-refractivity contribution in [3.05, 3.63) is 34.0 Å². The Morgan fingerprint density at radius 2 is 1.54 bits per heavy atom. The summed E-state index contributed by atoms with van der Waals surface area (Å²) in [5, 5.41) is 8.16. The molecule has 1 unspecified atom stereocenters. The molecular weight excluding hydrogens is 306 g/mol. The van der Waals surface area contributed by atoms with Crippen molar-refractivity contribution in [1.82, 2.24) is 15.2 Å². The standard InChI is InChI=1S/C18H27N3O3/c1-12-17(14(3)23-19-12)10-21(8-7-16-6-5-9-22-16)11-18-13(2)20-24-15(18)4/h16H,5-11H2,1-4H3. The van der Waals surface area contributed by atoms with Crippen LogP contribution in [0.2, 0.25) is 0 Å². The SMILES string of the molecule is Cc1noc(C)c1CN(CCC1CCCO1)Cc1c(C)noc1C. The monoisotopic (exact) mass is 333 g/mol. The van der Waals surface area contributed by atoms with E-state index >= 15 is 0 Å². The summed E-state index contributed by atoms with van der Waals surface area (Å²) in [6, 6.07) is 0. The Balaban J connectivity index is 1.72. The molecule has 6 nitrogen and oxygen atoms in total. The van der Waals surface area contributed by atoms with E-state index in [1.807, 2.05) is 27.7 Å². The number of hydrogen-bond acceptors (Lipinski definition) is 6. The van der Waals surface area contributed by atoms with Gasteiger partial charge in [-0.1, -0.05) is 10.3 Å². The van der Waals surface area contributed by atoms with Crippen molar-refractivity contribution in [2.24, 2.45) is 0 Å². The van der Waals surface area contributed by atoms with Crippen LogP contribution in [0.15, 0.2) is 9.05 Å². The smallest absolute Gasteiger partial charge is 0.138 e. The Hall–Kier alpha value is -1.66. The molecule has 0 bridgehead atoms. The van der Waals surface area contributed by atoms with Crippen LogP contribution in [0.1, 0.15) is 53.3 Å². The van der Waals surface area contributed by atoms with E-state index < -0.39 is 0 Å². The molecule has 2 aromatic heterocycles. The second-order valence-corrected chi connectivity index (χ2v) is 6.74. The van der Waals surface area contributed by atoms with Crippen LogP contribution in [0, 0.1) is 27.7 Å². The van der Waals surface area contributed by atoms with Crippen molar-refractivity contribution >= 4 is 0 Å². The van der Waals surface area contributed by atoms with Gasteiger partial charge in [0, 0.05) is 37.4 Å². The largest absolute Gasteiger partial charge is 0.378 e. The van der Waals surface area contributed by atoms with Gasteiger partial charge in [-0.25, -0.2) is 0 Å². The summed E-state index contributed by atoms with van der Waals surface area (Å²) < 4.78 is 16.4. The first-order chi connectivity index (χ1) is 11.5. The van der Waals surface area contributed by atoms with Crippen molar-refractivity contribution in [1.29, 1.82) is 0 Å². The zero-order chi connectivity index (χ0) is 17.1. The van der Waals surface area contributed by atoms with Crippen LogP contribution in [0.5, 0.6) is 0 Å². The minimum Gasteiger partial charge on any atom is -0.378 e. The molecule has 0 spiro atoms. The Kier molecular flexibility index (Phi) is 5.36. The molecule has 0 amide bonds. The van der Waals surface area contributed by atoms with Crippen LogP contribution in [0.25, 0.3) is 0 Å². The van der Waals surface area contributed by atoms with Crippen molar-refractivity contribution in [2.45, 2.75) is 66.2 Å². The van der Waals surface area contributed by atoms with E-state index in [1.54, 1.807) is 0 Å².